The van der Waals surface area contributed by atoms with Gasteiger partial charge in [-0.25, -0.2) is 9.78 Å². The molecule has 1 atom stereocenters. The Hall–Kier alpha value is -2.59. The van der Waals surface area contributed by atoms with Crippen molar-refractivity contribution in [1.82, 2.24) is 19.8 Å². The molecule has 3 aliphatic rings. The Morgan fingerprint density at radius 1 is 1.12 bits per heavy atom. The van der Waals surface area contributed by atoms with Crippen molar-refractivity contribution in [2.75, 3.05) is 26.7 Å². The molecule has 0 radical (unpaired) electrons. The molecule has 176 valence electrons. The molecule has 11 heteroatoms. The van der Waals surface area contributed by atoms with Crippen LogP contribution in [0.5, 0.6) is 5.88 Å². The molecule has 3 fully saturated rings. The summed E-state index contributed by atoms with van der Waals surface area (Å²) in [4.78, 5) is 37.8. The number of aromatic nitrogens is 2. The van der Waals surface area contributed by atoms with Crippen molar-refractivity contribution in [3.63, 3.8) is 0 Å². The van der Waals surface area contributed by atoms with Crippen LogP contribution in [-0.2, 0) is 14.9 Å². The molecular formula is C21H27F3N4O4. The molecule has 0 bridgehead atoms. The zero-order valence-corrected chi connectivity index (χ0v) is 18.2. The van der Waals surface area contributed by atoms with Crippen molar-refractivity contribution in [1.29, 1.82) is 0 Å². The van der Waals surface area contributed by atoms with Gasteiger partial charge in [-0.3, -0.25) is 4.79 Å². The summed E-state index contributed by atoms with van der Waals surface area (Å²) in [6.45, 7) is 1.92. The van der Waals surface area contributed by atoms with E-state index >= 15 is 0 Å². The van der Waals surface area contributed by atoms with Gasteiger partial charge in [0.05, 0.1) is 7.11 Å². The van der Waals surface area contributed by atoms with Crippen LogP contribution in [0.4, 0.5) is 18.0 Å². The van der Waals surface area contributed by atoms with Crippen LogP contribution in [0.3, 0.4) is 0 Å². The number of alkyl halides is 3. The van der Waals surface area contributed by atoms with E-state index in [-0.39, 0.29) is 19.0 Å². The zero-order chi connectivity index (χ0) is 23.1. The number of nitrogens with zero attached hydrogens (tertiary/aromatic N) is 4. The molecule has 1 unspecified atom stereocenters. The van der Waals surface area contributed by atoms with E-state index in [9.17, 15) is 22.8 Å². The monoisotopic (exact) mass is 456 g/mol. The zero-order valence-electron chi connectivity index (χ0n) is 18.2. The average molecular weight is 456 g/mol. The highest BCUT2D eigenvalue weighted by Gasteiger charge is 2.59. The van der Waals surface area contributed by atoms with Crippen LogP contribution in [0.15, 0.2) is 12.3 Å². The molecule has 1 spiro atoms. The van der Waals surface area contributed by atoms with Crippen LogP contribution < -0.4 is 4.74 Å². The maximum atomic E-state index is 13.6. The molecule has 1 aromatic rings. The minimum absolute atomic E-state index is 0.00928. The van der Waals surface area contributed by atoms with Crippen LogP contribution in [0.2, 0.25) is 0 Å². The molecule has 2 aliphatic heterocycles. The minimum Gasteiger partial charge on any atom is -0.481 e. The van der Waals surface area contributed by atoms with E-state index in [1.807, 2.05) is 4.90 Å². The Morgan fingerprint density at radius 3 is 2.41 bits per heavy atom. The highest BCUT2D eigenvalue weighted by atomic mass is 19.4. The first-order valence-electron chi connectivity index (χ1n) is 10.8. The van der Waals surface area contributed by atoms with Gasteiger partial charge < -0.3 is 19.3 Å². The van der Waals surface area contributed by atoms with Gasteiger partial charge >= 0.3 is 12.3 Å². The van der Waals surface area contributed by atoms with Gasteiger partial charge in [0.1, 0.15) is 11.2 Å². The molecule has 1 aliphatic carbocycles. The average Bonchev–Trinajstić information content (AvgIpc) is 3.49. The molecule has 0 aromatic carbocycles. The van der Waals surface area contributed by atoms with E-state index in [4.69, 9.17) is 4.74 Å². The van der Waals surface area contributed by atoms with E-state index in [0.717, 1.165) is 19.8 Å². The van der Waals surface area contributed by atoms with Gasteiger partial charge in [0.25, 0.3) is 0 Å². The topological polar surface area (TPSA) is 84.9 Å². The first-order chi connectivity index (χ1) is 15.1. The molecule has 32 heavy (non-hydrogen) atoms. The fourth-order valence-electron chi connectivity index (χ4n) is 4.78. The number of rotatable bonds is 4. The highest BCUT2D eigenvalue weighted by molar-refractivity contribution is 5.91. The van der Waals surface area contributed by atoms with Gasteiger partial charge in [0.15, 0.2) is 6.10 Å². The van der Waals surface area contributed by atoms with E-state index in [1.54, 1.807) is 12.3 Å². The number of ether oxygens (including phenoxy) is 2. The molecule has 3 heterocycles. The molecular weight excluding hydrogens is 429 g/mol. The van der Waals surface area contributed by atoms with Crippen LogP contribution in [0.25, 0.3) is 0 Å². The summed E-state index contributed by atoms with van der Waals surface area (Å²) in [5.74, 6) is 0.862. The maximum Gasteiger partial charge on any atom is 0.425 e. The summed E-state index contributed by atoms with van der Waals surface area (Å²) in [5, 5.41) is 0. The predicted octanol–water partition coefficient (Wildman–Crippen LogP) is 3.06. The lowest BCUT2D eigenvalue weighted by atomic mass is 9.84. The molecule has 1 aromatic heterocycles. The number of piperidine rings is 1. The Labute approximate surface area is 184 Å². The minimum atomic E-state index is -4.60. The van der Waals surface area contributed by atoms with Crippen molar-refractivity contribution in [3.8, 4) is 5.88 Å². The summed E-state index contributed by atoms with van der Waals surface area (Å²) in [7, 11) is 1.51. The number of carbonyl (C=O) groups is 2. The molecule has 4 rings (SSSR count). The molecule has 0 N–H and O–H groups in total. The van der Waals surface area contributed by atoms with Gasteiger partial charge in [-0.15, -0.1) is 0 Å². The molecule has 2 saturated heterocycles. The second-order valence-electron chi connectivity index (χ2n) is 8.84. The van der Waals surface area contributed by atoms with Gasteiger partial charge in [0.2, 0.25) is 11.8 Å². The highest BCUT2D eigenvalue weighted by Crippen LogP contribution is 2.51. The molecule has 1 saturated carbocycles. The van der Waals surface area contributed by atoms with Crippen LogP contribution in [0.1, 0.15) is 51.3 Å². The number of halogens is 3. The Bertz CT molecular complexity index is 882. The van der Waals surface area contributed by atoms with Crippen LogP contribution >= 0.6 is 0 Å². The van der Waals surface area contributed by atoms with E-state index in [2.05, 4.69) is 14.7 Å². The third-order valence-electron chi connectivity index (χ3n) is 6.96. The van der Waals surface area contributed by atoms with Crippen LogP contribution in [0, 0.1) is 0 Å². The lowest BCUT2D eigenvalue weighted by Gasteiger charge is -2.45. The third kappa shape index (κ3) is 3.97. The Morgan fingerprint density at radius 2 is 1.81 bits per heavy atom. The normalized spacial score (nSPS) is 22.5. The van der Waals surface area contributed by atoms with E-state index in [0.29, 0.717) is 43.9 Å². The van der Waals surface area contributed by atoms with E-state index < -0.39 is 29.3 Å². The van der Waals surface area contributed by atoms with Crippen molar-refractivity contribution < 1.29 is 32.2 Å². The largest absolute Gasteiger partial charge is 0.481 e. The Balaban J connectivity index is 1.44. The number of hydrogen-bond acceptors (Lipinski definition) is 6. The predicted molar refractivity (Wildman–Crippen MR) is 106 cm³/mol. The number of hydrogen-bond donors (Lipinski definition) is 0. The lowest BCUT2D eigenvalue weighted by Crippen LogP contribution is -2.57. The quantitative estimate of drug-likeness (QED) is 0.693. The van der Waals surface area contributed by atoms with Gasteiger partial charge in [0, 0.05) is 37.4 Å². The van der Waals surface area contributed by atoms with Gasteiger partial charge in [-0.1, -0.05) is 0 Å². The fraction of sp³-hybridized carbons (Fsp3) is 0.714. The number of methoxy groups -OCH3 is 1. The summed E-state index contributed by atoms with van der Waals surface area (Å²) in [5.41, 5.74) is -1.15. The summed E-state index contributed by atoms with van der Waals surface area (Å²) in [6.07, 6.45) is -2.16. The first-order valence-corrected chi connectivity index (χ1v) is 10.8. The second-order valence-corrected chi connectivity index (χ2v) is 8.84. The number of carbonyl (C=O) groups excluding carboxylic acids is 2. The summed E-state index contributed by atoms with van der Waals surface area (Å²) in [6, 6.07) is 1.63. The van der Waals surface area contributed by atoms with Gasteiger partial charge in [-0.05, 0) is 45.4 Å². The summed E-state index contributed by atoms with van der Waals surface area (Å²) < 4.78 is 47.9. The summed E-state index contributed by atoms with van der Waals surface area (Å²) >= 11 is 0. The van der Waals surface area contributed by atoms with Gasteiger partial charge in [-0.2, -0.15) is 18.2 Å². The van der Waals surface area contributed by atoms with Crippen molar-refractivity contribution in [3.05, 3.63) is 18.1 Å². The second kappa shape index (κ2) is 8.08. The fourth-order valence-corrected chi connectivity index (χ4v) is 4.78. The van der Waals surface area contributed by atoms with Crippen molar-refractivity contribution >= 4 is 12.0 Å². The van der Waals surface area contributed by atoms with Crippen molar-refractivity contribution in [2.24, 2.45) is 0 Å². The SMILES string of the molecule is COc1ccnc(C2(C(=O)N3CCCC34CCN(C(=O)OC(C)C(F)(F)F)CC4)CC2)n1. The number of likely N-dealkylation sites (tertiary alicyclic amines) is 2. The first kappa shape index (κ1) is 22.6. The molecule has 8 nitrogen and oxygen atoms in total. The van der Waals surface area contributed by atoms with E-state index in [1.165, 1.54) is 12.0 Å². The number of amides is 2. The van der Waals surface area contributed by atoms with Crippen LogP contribution in [-0.4, -0.2) is 76.3 Å². The maximum absolute atomic E-state index is 13.6. The molecule has 2 amide bonds. The standard InChI is InChI=1S/C21H27F3N4O4/c1-14(21(22,23)24)32-18(30)27-12-8-19(9-13-27)5-3-11-28(19)17(29)20(6-7-20)16-25-10-4-15(26-16)31-2/h4,10,14H,3,5-9,11-13H2,1-2H3. The lowest BCUT2D eigenvalue weighted by molar-refractivity contribution is -0.200. The van der Waals surface area contributed by atoms with Crippen molar-refractivity contribution in [2.45, 2.75) is 68.7 Å². The third-order valence-corrected chi connectivity index (χ3v) is 6.96. The smallest absolute Gasteiger partial charge is 0.425 e. The Kier molecular flexibility index (Phi) is 5.70.